The van der Waals surface area contributed by atoms with Crippen LogP contribution in [0.3, 0.4) is 0 Å². The zero-order valence-electron chi connectivity index (χ0n) is 11.0. The molecule has 0 bridgehead atoms. The highest BCUT2D eigenvalue weighted by Gasteiger charge is 2.28. The third kappa shape index (κ3) is 2.88. The Morgan fingerprint density at radius 3 is 2.65 bits per heavy atom. The molecule has 5 nitrogen and oxygen atoms in total. The summed E-state index contributed by atoms with van der Waals surface area (Å²) in [6.07, 6.45) is 2.24. The van der Waals surface area contributed by atoms with Crippen molar-refractivity contribution in [3.05, 3.63) is 52.9 Å². The molecule has 0 atom stereocenters. The first-order valence-electron chi connectivity index (χ1n) is 6.70. The van der Waals surface area contributed by atoms with Crippen molar-refractivity contribution in [2.24, 2.45) is 0 Å². The minimum atomic E-state index is -0.230. The molecule has 1 aliphatic carbocycles. The molecule has 1 aromatic carbocycles. The summed E-state index contributed by atoms with van der Waals surface area (Å²) in [6, 6.07) is 9.15. The lowest BCUT2D eigenvalue weighted by molar-refractivity contribution is 0.0941. The van der Waals surface area contributed by atoms with Crippen LogP contribution in [0.5, 0.6) is 0 Å². The van der Waals surface area contributed by atoms with Crippen molar-refractivity contribution in [1.29, 1.82) is 0 Å². The molecule has 1 amide bonds. The Hall–Kier alpha value is -2.14. The monoisotopic (exact) mass is 272 g/mol. The smallest absolute Gasteiger partial charge is 0.273 e. The fourth-order valence-electron chi connectivity index (χ4n) is 1.99. The van der Waals surface area contributed by atoms with E-state index in [1.165, 1.54) is 0 Å². The molecular weight excluding hydrogens is 256 g/mol. The summed E-state index contributed by atoms with van der Waals surface area (Å²) >= 11 is 0. The Morgan fingerprint density at radius 1 is 1.30 bits per heavy atom. The fourth-order valence-corrected chi connectivity index (χ4v) is 1.99. The van der Waals surface area contributed by atoms with Crippen molar-refractivity contribution in [3.63, 3.8) is 0 Å². The number of nitrogens with one attached hydrogen (secondary N) is 1. The zero-order chi connectivity index (χ0) is 13.9. The molecule has 0 radical (unpaired) electrons. The summed E-state index contributed by atoms with van der Waals surface area (Å²) in [5.74, 6) is 1.03. The van der Waals surface area contributed by atoms with Gasteiger partial charge in [-0.05, 0) is 24.0 Å². The van der Waals surface area contributed by atoms with Crippen LogP contribution in [0.2, 0.25) is 0 Å². The third-order valence-electron chi connectivity index (χ3n) is 3.40. The topological polar surface area (TPSA) is 75.4 Å². The van der Waals surface area contributed by atoms with Crippen molar-refractivity contribution in [2.75, 3.05) is 0 Å². The van der Waals surface area contributed by atoms with Gasteiger partial charge < -0.3 is 14.9 Å². The molecule has 1 fully saturated rings. The molecule has 0 spiro atoms. The van der Waals surface area contributed by atoms with Crippen LogP contribution in [0.15, 0.2) is 34.9 Å². The number of carbonyl (C=O) groups is 1. The van der Waals surface area contributed by atoms with Gasteiger partial charge in [0.25, 0.3) is 5.91 Å². The van der Waals surface area contributed by atoms with Crippen molar-refractivity contribution < 1.29 is 14.4 Å². The zero-order valence-corrected chi connectivity index (χ0v) is 11.0. The van der Waals surface area contributed by atoms with Crippen LogP contribution in [0.4, 0.5) is 0 Å². The van der Waals surface area contributed by atoms with Crippen LogP contribution >= 0.6 is 0 Å². The van der Waals surface area contributed by atoms with Gasteiger partial charge >= 0.3 is 0 Å². The summed E-state index contributed by atoms with van der Waals surface area (Å²) in [6.45, 7) is 0.450. The average Bonchev–Trinajstić information content (AvgIpc) is 3.22. The lowest BCUT2D eigenvalue weighted by Crippen LogP contribution is -2.23. The van der Waals surface area contributed by atoms with E-state index in [0.717, 1.165) is 29.7 Å². The van der Waals surface area contributed by atoms with Crippen LogP contribution < -0.4 is 5.32 Å². The normalized spacial score (nSPS) is 14.2. The van der Waals surface area contributed by atoms with E-state index in [1.807, 2.05) is 24.3 Å². The van der Waals surface area contributed by atoms with Crippen LogP contribution in [0.1, 0.15) is 46.1 Å². The summed E-state index contributed by atoms with van der Waals surface area (Å²) in [4.78, 5) is 11.9. The van der Waals surface area contributed by atoms with Gasteiger partial charge in [0.05, 0.1) is 6.61 Å². The van der Waals surface area contributed by atoms with Gasteiger partial charge in [-0.15, -0.1) is 0 Å². The summed E-state index contributed by atoms with van der Waals surface area (Å²) in [5, 5.41) is 15.6. The quantitative estimate of drug-likeness (QED) is 0.872. The number of rotatable bonds is 5. The van der Waals surface area contributed by atoms with Crippen molar-refractivity contribution in [3.8, 4) is 0 Å². The Balaban J connectivity index is 1.57. The van der Waals surface area contributed by atoms with E-state index >= 15 is 0 Å². The molecule has 1 heterocycles. The number of benzene rings is 1. The molecule has 104 valence electrons. The summed E-state index contributed by atoms with van der Waals surface area (Å²) in [5.41, 5.74) is 2.16. The minimum absolute atomic E-state index is 0.0233. The van der Waals surface area contributed by atoms with E-state index < -0.39 is 0 Å². The van der Waals surface area contributed by atoms with E-state index in [9.17, 15) is 4.79 Å². The summed E-state index contributed by atoms with van der Waals surface area (Å²) in [7, 11) is 0. The van der Waals surface area contributed by atoms with Gasteiger partial charge in [-0.25, -0.2) is 0 Å². The second-order valence-electron chi connectivity index (χ2n) is 5.05. The lowest BCUT2D eigenvalue weighted by atomic mass is 10.1. The molecule has 1 aromatic heterocycles. The van der Waals surface area contributed by atoms with Gasteiger partial charge in [-0.2, -0.15) is 0 Å². The molecule has 1 saturated carbocycles. The molecule has 1 aliphatic rings. The van der Waals surface area contributed by atoms with E-state index in [1.54, 1.807) is 6.07 Å². The predicted octanol–water partition coefficient (Wildman–Crippen LogP) is 1.97. The molecule has 0 unspecified atom stereocenters. The number of aliphatic hydroxyl groups excluding tert-OH is 1. The predicted molar refractivity (Wildman–Crippen MR) is 72.0 cm³/mol. The van der Waals surface area contributed by atoms with E-state index in [4.69, 9.17) is 9.63 Å². The first-order valence-corrected chi connectivity index (χ1v) is 6.70. The summed E-state index contributed by atoms with van der Waals surface area (Å²) < 4.78 is 5.15. The molecule has 0 aliphatic heterocycles. The number of hydrogen-bond acceptors (Lipinski definition) is 4. The SMILES string of the molecule is O=C(NCc1ccc(CO)cc1)c1cc(C2CC2)on1. The maximum atomic E-state index is 11.9. The Kier molecular flexibility index (Phi) is 3.52. The number of nitrogens with zero attached hydrogens (tertiary/aromatic N) is 1. The average molecular weight is 272 g/mol. The Morgan fingerprint density at radius 2 is 2.00 bits per heavy atom. The maximum Gasteiger partial charge on any atom is 0.273 e. The van der Waals surface area contributed by atoms with Gasteiger partial charge in [-0.1, -0.05) is 29.4 Å². The van der Waals surface area contributed by atoms with Crippen LogP contribution in [-0.4, -0.2) is 16.2 Å². The first kappa shape index (κ1) is 12.9. The maximum absolute atomic E-state index is 11.9. The minimum Gasteiger partial charge on any atom is -0.392 e. The first-order chi connectivity index (χ1) is 9.76. The van der Waals surface area contributed by atoms with E-state index in [0.29, 0.717) is 18.2 Å². The highest BCUT2D eigenvalue weighted by atomic mass is 16.5. The number of aromatic nitrogens is 1. The lowest BCUT2D eigenvalue weighted by Gasteiger charge is -2.04. The molecule has 0 saturated heterocycles. The number of aliphatic hydroxyl groups is 1. The van der Waals surface area contributed by atoms with Crippen molar-refractivity contribution >= 4 is 5.91 Å². The second-order valence-corrected chi connectivity index (χ2v) is 5.05. The number of hydrogen-bond donors (Lipinski definition) is 2. The standard InChI is InChI=1S/C15H16N2O3/c18-9-11-3-1-10(2-4-11)8-16-15(19)13-7-14(20-17-13)12-5-6-12/h1-4,7,12,18H,5-6,8-9H2,(H,16,19). The third-order valence-corrected chi connectivity index (χ3v) is 3.40. The fraction of sp³-hybridized carbons (Fsp3) is 0.333. The van der Waals surface area contributed by atoms with Crippen molar-refractivity contribution in [2.45, 2.75) is 31.9 Å². The number of carbonyl (C=O) groups excluding carboxylic acids is 1. The van der Waals surface area contributed by atoms with Gasteiger partial charge in [0.1, 0.15) is 5.76 Å². The molecule has 20 heavy (non-hydrogen) atoms. The molecular formula is C15H16N2O3. The molecule has 5 heteroatoms. The van der Waals surface area contributed by atoms with Crippen LogP contribution in [-0.2, 0) is 13.2 Å². The molecule has 3 rings (SSSR count). The largest absolute Gasteiger partial charge is 0.392 e. The van der Waals surface area contributed by atoms with Gasteiger partial charge in [-0.3, -0.25) is 4.79 Å². The van der Waals surface area contributed by atoms with E-state index in [-0.39, 0.29) is 12.5 Å². The molecule has 2 N–H and O–H groups in total. The van der Waals surface area contributed by atoms with Crippen LogP contribution in [0, 0.1) is 0 Å². The van der Waals surface area contributed by atoms with Crippen molar-refractivity contribution in [1.82, 2.24) is 10.5 Å². The van der Waals surface area contributed by atoms with Gasteiger partial charge in [0.2, 0.25) is 0 Å². The van der Waals surface area contributed by atoms with Crippen LogP contribution in [0.25, 0.3) is 0 Å². The second kappa shape index (κ2) is 5.46. The highest BCUT2D eigenvalue weighted by Crippen LogP contribution is 2.40. The molecule has 2 aromatic rings. The Labute approximate surface area is 116 Å². The van der Waals surface area contributed by atoms with E-state index in [2.05, 4.69) is 10.5 Å². The Bertz CT molecular complexity index is 600. The van der Waals surface area contributed by atoms with Gasteiger partial charge in [0.15, 0.2) is 5.69 Å². The number of amides is 1. The van der Waals surface area contributed by atoms with Gasteiger partial charge in [0, 0.05) is 18.5 Å². The highest BCUT2D eigenvalue weighted by molar-refractivity contribution is 5.92.